The number of amides is 1. The van der Waals surface area contributed by atoms with E-state index in [9.17, 15) is 9.59 Å². The Balaban J connectivity index is 1.61. The molecule has 1 N–H and O–H groups in total. The van der Waals surface area contributed by atoms with Crippen LogP contribution in [0.25, 0.3) is 10.9 Å². The monoisotopic (exact) mass is 388 g/mol. The van der Waals surface area contributed by atoms with E-state index in [1.54, 1.807) is 0 Å². The highest BCUT2D eigenvalue weighted by Crippen LogP contribution is 2.31. The van der Waals surface area contributed by atoms with Crippen LogP contribution >= 0.6 is 0 Å². The molecule has 4 rings (SSSR count). The van der Waals surface area contributed by atoms with E-state index in [1.807, 2.05) is 67.1 Å². The molecule has 0 unspecified atom stereocenters. The molecule has 1 amide bonds. The van der Waals surface area contributed by atoms with Gasteiger partial charge in [0.15, 0.2) is 5.78 Å². The largest absolute Gasteiger partial charge is 0.337 e. The summed E-state index contributed by atoms with van der Waals surface area (Å²) in [7, 11) is 0. The molecule has 0 saturated heterocycles. The summed E-state index contributed by atoms with van der Waals surface area (Å²) in [5, 5.41) is 4.00. The van der Waals surface area contributed by atoms with Crippen LogP contribution < -0.4 is 5.32 Å². The van der Waals surface area contributed by atoms with Crippen LogP contribution in [0.15, 0.2) is 48.7 Å². The molecule has 0 aliphatic heterocycles. The van der Waals surface area contributed by atoms with Gasteiger partial charge in [-0.15, -0.1) is 0 Å². The molecule has 29 heavy (non-hydrogen) atoms. The molecule has 0 atom stereocenters. The molecule has 1 saturated carbocycles. The molecule has 4 heteroatoms. The molecular weight excluding hydrogens is 360 g/mol. The van der Waals surface area contributed by atoms with Crippen molar-refractivity contribution < 1.29 is 9.59 Å². The molecule has 4 nitrogen and oxygen atoms in total. The van der Waals surface area contributed by atoms with E-state index in [0.29, 0.717) is 0 Å². The predicted molar refractivity (Wildman–Crippen MR) is 117 cm³/mol. The van der Waals surface area contributed by atoms with Crippen LogP contribution in [0.5, 0.6) is 0 Å². The van der Waals surface area contributed by atoms with E-state index in [2.05, 4.69) is 5.32 Å². The second-order valence-corrected chi connectivity index (χ2v) is 8.20. The average molecular weight is 389 g/mol. The maximum Gasteiger partial charge on any atom is 0.244 e. The number of Topliss-reactive ketones (excluding diaryl/α,β-unsaturated/α-hetero) is 1. The number of fused-ring (bicyclic) bond motifs is 1. The first-order chi connectivity index (χ1) is 14.0. The summed E-state index contributed by atoms with van der Waals surface area (Å²) in [5.74, 6) is 0.265. The van der Waals surface area contributed by atoms with Crippen molar-refractivity contribution in [2.24, 2.45) is 5.92 Å². The maximum atomic E-state index is 13.2. The van der Waals surface area contributed by atoms with E-state index < -0.39 is 0 Å². The van der Waals surface area contributed by atoms with E-state index in [1.165, 1.54) is 6.42 Å². The fourth-order valence-corrected chi connectivity index (χ4v) is 4.50. The summed E-state index contributed by atoms with van der Waals surface area (Å²) in [6.45, 7) is 4.18. The molecule has 2 aromatic carbocycles. The lowest BCUT2D eigenvalue weighted by molar-refractivity contribution is -0.116. The van der Waals surface area contributed by atoms with Gasteiger partial charge in [0.2, 0.25) is 5.91 Å². The van der Waals surface area contributed by atoms with Crippen molar-refractivity contribution in [2.75, 3.05) is 5.32 Å². The molecule has 1 fully saturated rings. The number of nitrogens with one attached hydrogen (secondary N) is 1. The Morgan fingerprint density at radius 1 is 0.966 bits per heavy atom. The highest BCUT2D eigenvalue weighted by molar-refractivity contribution is 6.09. The lowest BCUT2D eigenvalue weighted by atomic mass is 9.84. The quantitative estimate of drug-likeness (QED) is 0.573. The minimum Gasteiger partial charge on any atom is -0.337 e. The summed E-state index contributed by atoms with van der Waals surface area (Å²) in [4.78, 5) is 26.0. The molecule has 1 aromatic heterocycles. The van der Waals surface area contributed by atoms with Gasteiger partial charge in [-0.3, -0.25) is 9.59 Å². The lowest BCUT2D eigenvalue weighted by Gasteiger charge is -2.19. The number of carbonyl (C=O) groups is 2. The van der Waals surface area contributed by atoms with Crippen molar-refractivity contribution in [3.05, 3.63) is 65.4 Å². The summed E-state index contributed by atoms with van der Waals surface area (Å²) in [5.41, 5.74) is 4.65. The number of benzene rings is 2. The van der Waals surface area contributed by atoms with Crippen LogP contribution in [0.3, 0.4) is 0 Å². The van der Waals surface area contributed by atoms with Gasteiger partial charge >= 0.3 is 0 Å². The molecule has 1 heterocycles. The van der Waals surface area contributed by atoms with Crippen LogP contribution in [0, 0.1) is 19.8 Å². The minimum atomic E-state index is -0.0835. The molecule has 1 aliphatic carbocycles. The molecule has 0 radical (unpaired) electrons. The first-order valence-corrected chi connectivity index (χ1v) is 10.5. The van der Waals surface area contributed by atoms with Gasteiger partial charge in [-0.1, -0.05) is 55.7 Å². The number of anilines is 1. The molecule has 3 aromatic rings. The van der Waals surface area contributed by atoms with Crippen molar-refractivity contribution in [1.29, 1.82) is 0 Å². The lowest BCUT2D eigenvalue weighted by Crippen LogP contribution is -2.20. The first kappa shape index (κ1) is 19.4. The second kappa shape index (κ2) is 8.24. The highest BCUT2D eigenvalue weighted by atomic mass is 16.2. The number of hydrogen-bond acceptors (Lipinski definition) is 2. The summed E-state index contributed by atoms with van der Waals surface area (Å²) >= 11 is 0. The maximum absolute atomic E-state index is 13.2. The van der Waals surface area contributed by atoms with Crippen molar-refractivity contribution in [1.82, 2.24) is 4.57 Å². The Bertz CT molecular complexity index is 1040. The van der Waals surface area contributed by atoms with Gasteiger partial charge in [-0.2, -0.15) is 0 Å². The Morgan fingerprint density at radius 3 is 2.38 bits per heavy atom. The Morgan fingerprint density at radius 2 is 1.66 bits per heavy atom. The standard InChI is InChI=1S/C25H28N2O2/c1-17-9-8-10-18(2)24(17)26-23(28)16-27-15-21(20-13-6-7-14-22(20)27)25(29)19-11-4-3-5-12-19/h6-10,13-15,19H,3-5,11-12,16H2,1-2H3,(H,26,28). The Hall–Kier alpha value is -2.88. The molecular formula is C25H28N2O2. The summed E-state index contributed by atoms with van der Waals surface area (Å²) in [6, 6.07) is 13.9. The van der Waals surface area contributed by atoms with Gasteiger partial charge in [0, 0.05) is 34.3 Å². The van der Waals surface area contributed by atoms with Crippen LogP contribution in [0.4, 0.5) is 5.69 Å². The fourth-order valence-electron chi connectivity index (χ4n) is 4.50. The van der Waals surface area contributed by atoms with Gasteiger partial charge in [0.05, 0.1) is 0 Å². The average Bonchev–Trinajstić information content (AvgIpc) is 3.09. The van der Waals surface area contributed by atoms with Crippen LogP contribution in [0.2, 0.25) is 0 Å². The number of aryl methyl sites for hydroxylation is 2. The first-order valence-electron chi connectivity index (χ1n) is 10.5. The molecule has 0 bridgehead atoms. The van der Waals surface area contributed by atoms with Crippen LogP contribution in [-0.4, -0.2) is 16.3 Å². The van der Waals surface area contributed by atoms with Gasteiger partial charge in [0.1, 0.15) is 6.54 Å². The number of carbonyl (C=O) groups excluding carboxylic acids is 2. The van der Waals surface area contributed by atoms with Crippen molar-refractivity contribution in [3.8, 4) is 0 Å². The van der Waals surface area contributed by atoms with Crippen molar-refractivity contribution >= 4 is 28.3 Å². The van der Waals surface area contributed by atoms with Crippen molar-refractivity contribution in [2.45, 2.75) is 52.5 Å². The van der Waals surface area contributed by atoms with E-state index in [0.717, 1.165) is 59.0 Å². The number of para-hydroxylation sites is 2. The Kier molecular flexibility index (Phi) is 5.52. The molecule has 150 valence electrons. The molecule has 1 aliphatic rings. The van der Waals surface area contributed by atoms with Gasteiger partial charge < -0.3 is 9.88 Å². The van der Waals surface area contributed by atoms with E-state index in [-0.39, 0.29) is 24.2 Å². The molecule has 0 spiro atoms. The van der Waals surface area contributed by atoms with Crippen LogP contribution in [-0.2, 0) is 11.3 Å². The second-order valence-electron chi connectivity index (χ2n) is 8.20. The number of aromatic nitrogens is 1. The van der Waals surface area contributed by atoms with E-state index >= 15 is 0 Å². The third-order valence-electron chi connectivity index (χ3n) is 6.09. The van der Waals surface area contributed by atoms with E-state index in [4.69, 9.17) is 0 Å². The third kappa shape index (κ3) is 3.98. The smallest absolute Gasteiger partial charge is 0.244 e. The zero-order chi connectivity index (χ0) is 20.4. The number of hydrogen-bond donors (Lipinski definition) is 1. The number of ketones is 1. The van der Waals surface area contributed by atoms with Crippen LogP contribution in [0.1, 0.15) is 53.6 Å². The highest BCUT2D eigenvalue weighted by Gasteiger charge is 2.25. The normalized spacial score (nSPS) is 14.8. The Labute approximate surface area is 171 Å². The summed E-state index contributed by atoms with van der Waals surface area (Å²) < 4.78 is 1.91. The van der Waals surface area contributed by atoms with Gasteiger partial charge in [-0.25, -0.2) is 0 Å². The zero-order valence-corrected chi connectivity index (χ0v) is 17.2. The number of rotatable bonds is 5. The summed E-state index contributed by atoms with van der Waals surface area (Å²) in [6.07, 6.45) is 7.33. The predicted octanol–water partition coefficient (Wildman–Crippen LogP) is 5.66. The van der Waals surface area contributed by atoms with Crippen molar-refractivity contribution in [3.63, 3.8) is 0 Å². The SMILES string of the molecule is Cc1cccc(C)c1NC(=O)Cn1cc(C(=O)C2CCCCC2)c2ccccc21. The third-order valence-corrected chi connectivity index (χ3v) is 6.09. The minimum absolute atomic E-state index is 0.0835. The topological polar surface area (TPSA) is 51.1 Å². The van der Waals surface area contributed by atoms with Gasteiger partial charge in [0.25, 0.3) is 0 Å². The van der Waals surface area contributed by atoms with Gasteiger partial charge in [-0.05, 0) is 43.9 Å². The fraction of sp³-hybridized carbons (Fsp3) is 0.360. The number of nitrogens with zero attached hydrogens (tertiary/aromatic N) is 1. The zero-order valence-electron chi connectivity index (χ0n) is 17.2.